The van der Waals surface area contributed by atoms with E-state index in [4.69, 9.17) is 4.74 Å². The molecule has 4 amide bonds. The minimum Gasteiger partial charge on any atom is -0.457 e. The van der Waals surface area contributed by atoms with Crippen molar-refractivity contribution in [1.29, 1.82) is 0 Å². The van der Waals surface area contributed by atoms with Crippen molar-refractivity contribution < 1.29 is 19.1 Å². The number of urea groups is 1. The highest BCUT2D eigenvalue weighted by atomic mass is 32.2. The lowest BCUT2D eigenvalue weighted by Gasteiger charge is -2.35. The first kappa shape index (κ1) is 26.2. The number of thioether (sulfide) groups is 1. The molecule has 3 N–H and O–H groups in total. The van der Waals surface area contributed by atoms with Crippen molar-refractivity contribution in [2.75, 3.05) is 4.90 Å². The van der Waals surface area contributed by atoms with Gasteiger partial charge in [-0.05, 0) is 68.1 Å². The number of ether oxygens (including phenoxy) is 1. The molecule has 1 fully saturated rings. The Labute approximate surface area is 237 Å². The second-order valence-electron chi connectivity index (χ2n) is 10.3. The van der Waals surface area contributed by atoms with Gasteiger partial charge in [-0.2, -0.15) is 0 Å². The van der Waals surface area contributed by atoms with Crippen molar-refractivity contribution >= 4 is 41.0 Å². The van der Waals surface area contributed by atoms with Gasteiger partial charge in [-0.15, -0.1) is 0 Å². The predicted octanol–water partition coefficient (Wildman–Crippen LogP) is 5.12. The second-order valence-corrected chi connectivity index (χ2v) is 11.4. The molecule has 1 aliphatic carbocycles. The van der Waals surface area contributed by atoms with E-state index in [1.54, 1.807) is 11.1 Å². The van der Waals surface area contributed by atoms with Gasteiger partial charge in [0.1, 0.15) is 21.8 Å². The third-order valence-corrected chi connectivity index (χ3v) is 8.95. The summed E-state index contributed by atoms with van der Waals surface area (Å²) in [5.41, 5.74) is 3.16. The van der Waals surface area contributed by atoms with E-state index < -0.39 is 11.3 Å². The lowest BCUT2D eigenvalue weighted by Crippen LogP contribution is -2.53. The van der Waals surface area contributed by atoms with Crippen molar-refractivity contribution in [3.8, 4) is 11.5 Å². The normalized spacial score (nSPS) is 22.9. The Morgan fingerprint density at radius 3 is 2.58 bits per heavy atom. The molecule has 6 rings (SSSR count). The number of carbonyl (C=O) groups is 3. The summed E-state index contributed by atoms with van der Waals surface area (Å²) in [7, 11) is 0. The number of para-hydroxylation sites is 1. The van der Waals surface area contributed by atoms with Gasteiger partial charge in [0.2, 0.25) is 11.8 Å². The number of pyridine rings is 1. The summed E-state index contributed by atoms with van der Waals surface area (Å²) in [4.78, 5) is 45.2. The van der Waals surface area contributed by atoms with Crippen molar-refractivity contribution in [2.45, 2.75) is 67.9 Å². The molecular weight excluding hydrogens is 526 g/mol. The van der Waals surface area contributed by atoms with Crippen molar-refractivity contribution in [3.63, 3.8) is 0 Å². The average molecular weight is 558 g/mol. The molecule has 206 valence electrons. The molecule has 0 saturated heterocycles. The lowest BCUT2D eigenvalue weighted by atomic mass is 9.99. The van der Waals surface area contributed by atoms with E-state index in [1.807, 2.05) is 68.4 Å². The number of aromatic nitrogens is 1. The van der Waals surface area contributed by atoms with Crippen LogP contribution in [0.4, 0.5) is 16.2 Å². The Balaban J connectivity index is 1.23. The van der Waals surface area contributed by atoms with Gasteiger partial charge in [-0.1, -0.05) is 36.9 Å². The van der Waals surface area contributed by atoms with E-state index in [9.17, 15) is 14.4 Å². The van der Waals surface area contributed by atoms with E-state index in [0.717, 1.165) is 52.5 Å². The number of carbonyl (C=O) groups excluding carboxylic acids is 3. The van der Waals surface area contributed by atoms with Gasteiger partial charge in [0.15, 0.2) is 0 Å². The number of nitrogens with zero attached hydrogens (tertiary/aromatic N) is 2. The third kappa shape index (κ3) is 4.88. The lowest BCUT2D eigenvalue weighted by molar-refractivity contribution is -0.124. The summed E-state index contributed by atoms with van der Waals surface area (Å²) >= 11 is 1.37. The van der Waals surface area contributed by atoms with Crippen LogP contribution in [0.25, 0.3) is 0 Å². The van der Waals surface area contributed by atoms with Crippen LogP contribution in [-0.4, -0.2) is 40.2 Å². The van der Waals surface area contributed by atoms with Gasteiger partial charge in [-0.25, -0.2) is 9.78 Å². The fraction of sp³-hybridized carbons (Fsp3) is 0.333. The number of hydrogen-bond donors (Lipinski definition) is 3. The van der Waals surface area contributed by atoms with Gasteiger partial charge >= 0.3 is 6.03 Å². The maximum atomic E-state index is 13.6. The molecule has 4 atom stereocenters. The summed E-state index contributed by atoms with van der Waals surface area (Å²) < 4.78 is 5.97. The number of hydrogen-bond acceptors (Lipinski definition) is 6. The predicted molar refractivity (Wildman–Crippen MR) is 153 cm³/mol. The molecule has 0 bridgehead atoms. The van der Waals surface area contributed by atoms with Crippen molar-refractivity contribution in [2.24, 2.45) is 0 Å². The monoisotopic (exact) mass is 557 g/mol. The van der Waals surface area contributed by atoms with Gasteiger partial charge in [0.25, 0.3) is 0 Å². The van der Waals surface area contributed by atoms with E-state index in [0.29, 0.717) is 12.2 Å². The van der Waals surface area contributed by atoms with E-state index >= 15 is 0 Å². The van der Waals surface area contributed by atoms with E-state index in [2.05, 4.69) is 20.9 Å². The molecular formula is C30H31N5O4S. The van der Waals surface area contributed by atoms with Crippen LogP contribution in [0.1, 0.15) is 49.8 Å². The van der Waals surface area contributed by atoms with Gasteiger partial charge < -0.3 is 20.7 Å². The maximum absolute atomic E-state index is 13.6. The highest BCUT2D eigenvalue weighted by molar-refractivity contribution is 8.01. The van der Waals surface area contributed by atoms with Crippen LogP contribution < -0.4 is 25.6 Å². The quantitative estimate of drug-likeness (QED) is 0.372. The number of rotatable bonds is 7. The van der Waals surface area contributed by atoms with Crippen molar-refractivity contribution in [3.05, 3.63) is 71.9 Å². The van der Waals surface area contributed by atoms with Gasteiger partial charge in [-0.3, -0.25) is 14.5 Å². The third-order valence-electron chi connectivity index (χ3n) is 7.66. The van der Waals surface area contributed by atoms with Gasteiger partial charge in [0.05, 0.1) is 17.4 Å². The van der Waals surface area contributed by atoms with Crippen LogP contribution in [0.15, 0.2) is 65.8 Å². The molecule has 0 spiro atoms. The Bertz CT molecular complexity index is 1470. The number of aryl methyl sites for hydroxylation is 1. The average Bonchev–Trinajstić information content (AvgIpc) is 3.55. The minimum atomic E-state index is -0.555. The molecule has 3 aliphatic rings. The molecule has 10 heteroatoms. The fourth-order valence-corrected chi connectivity index (χ4v) is 6.95. The molecule has 2 aromatic carbocycles. The Morgan fingerprint density at radius 2 is 1.82 bits per heavy atom. The Hall–Kier alpha value is -4.05. The Morgan fingerprint density at radius 1 is 1.05 bits per heavy atom. The second kappa shape index (κ2) is 10.8. The highest BCUT2D eigenvalue weighted by Crippen LogP contribution is 2.51. The molecule has 2 unspecified atom stereocenters. The molecule has 3 aromatic rings. The first-order valence-electron chi connectivity index (χ1n) is 13.6. The van der Waals surface area contributed by atoms with E-state index in [1.165, 1.54) is 11.8 Å². The van der Waals surface area contributed by atoms with Gasteiger partial charge in [0, 0.05) is 30.3 Å². The number of benzene rings is 2. The Kier molecular flexibility index (Phi) is 7.10. The van der Waals surface area contributed by atoms with E-state index in [-0.39, 0.29) is 29.9 Å². The zero-order valence-corrected chi connectivity index (χ0v) is 23.2. The molecule has 2 aliphatic heterocycles. The minimum absolute atomic E-state index is 0.0165. The molecule has 9 nitrogen and oxygen atoms in total. The standard InChI is InChI=1S/C30H31N5O4S/c1-3-24(36)32-20-10-7-11-21(20)33-28(37)27-26-25-23(14-15-31-29(25)40-27)35(30(38)34-26)22-13-12-19(16-17(22)2)39-18-8-5-4-6-9-18/h4-6,8-9,12-16,20-21,26-27H,3,7,10-11H2,1-2H3,(H,32,36)(H,33,37)(H,34,38)/t20-,21+,26?,27?/m1/s1. The summed E-state index contributed by atoms with van der Waals surface area (Å²) in [6.07, 6.45) is 4.67. The van der Waals surface area contributed by atoms with Crippen LogP contribution in [0.5, 0.6) is 11.5 Å². The molecule has 3 heterocycles. The van der Waals surface area contributed by atoms with Crippen LogP contribution in [0.2, 0.25) is 0 Å². The first-order chi connectivity index (χ1) is 19.4. The summed E-state index contributed by atoms with van der Waals surface area (Å²) in [6, 6.07) is 16.0. The van der Waals surface area contributed by atoms with Crippen LogP contribution in [0.3, 0.4) is 0 Å². The molecule has 1 aromatic heterocycles. The van der Waals surface area contributed by atoms with Crippen LogP contribution in [0, 0.1) is 6.92 Å². The zero-order valence-electron chi connectivity index (χ0n) is 22.3. The largest absolute Gasteiger partial charge is 0.457 e. The highest BCUT2D eigenvalue weighted by Gasteiger charge is 2.47. The van der Waals surface area contributed by atoms with Crippen LogP contribution >= 0.6 is 11.8 Å². The topological polar surface area (TPSA) is 113 Å². The number of amides is 4. The molecule has 1 saturated carbocycles. The number of anilines is 2. The fourth-order valence-electron chi connectivity index (χ4n) is 5.71. The molecule has 0 radical (unpaired) electrons. The first-order valence-corrected chi connectivity index (χ1v) is 14.5. The molecule has 40 heavy (non-hydrogen) atoms. The SMILES string of the molecule is CCC(=O)N[C@@H]1CCC[C@@H]1NC(=O)C1Sc2nccc3c2C1NC(=O)N3c1ccc(Oc2ccccc2)cc1C. The van der Waals surface area contributed by atoms with Crippen molar-refractivity contribution in [1.82, 2.24) is 20.9 Å². The zero-order chi connectivity index (χ0) is 27.8. The summed E-state index contributed by atoms with van der Waals surface area (Å²) in [6.45, 7) is 3.76. The maximum Gasteiger partial charge on any atom is 0.327 e. The van der Waals surface area contributed by atoms with Crippen LogP contribution in [-0.2, 0) is 9.59 Å². The summed E-state index contributed by atoms with van der Waals surface area (Å²) in [5.74, 6) is 1.24. The smallest absolute Gasteiger partial charge is 0.327 e. The summed E-state index contributed by atoms with van der Waals surface area (Å²) in [5, 5.41) is 9.44. The number of nitrogens with one attached hydrogen (secondary N) is 3.